The molecule has 1 saturated heterocycles. The summed E-state index contributed by atoms with van der Waals surface area (Å²) in [5, 5.41) is 40.5. The van der Waals surface area contributed by atoms with Crippen LogP contribution in [-0.4, -0.2) is 61.4 Å². The molecular weight excluding hydrogens is 444 g/mol. The van der Waals surface area contributed by atoms with Crippen LogP contribution in [0, 0.1) is 11.8 Å². The van der Waals surface area contributed by atoms with E-state index >= 15 is 0 Å². The molecule has 2 aromatic carbocycles. The van der Waals surface area contributed by atoms with Crippen molar-refractivity contribution < 1.29 is 25.2 Å². The van der Waals surface area contributed by atoms with E-state index in [1.54, 1.807) is 30.6 Å². The van der Waals surface area contributed by atoms with E-state index in [0.717, 1.165) is 22.3 Å². The van der Waals surface area contributed by atoms with Crippen LogP contribution in [0.1, 0.15) is 33.9 Å². The van der Waals surface area contributed by atoms with E-state index < -0.39 is 37.1 Å². The second-order valence-electron chi connectivity index (χ2n) is 7.85. The average Bonchev–Trinajstić information content (AvgIpc) is 2.84. The molecule has 0 amide bonds. The minimum Gasteiger partial charge on any atom is -0.394 e. The smallest absolute Gasteiger partial charge is 0.115 e. The van der Waals surface area contributed by atoms with Gasteiger partial charge in [0.25, 0.3) is 0 Å². The zero-order chi connectivity index (χ0) is 23.4. The molecule has 4 N–H and O–H groups in total. The van der Waals surface area contributed by atoms with Gasteiger partial charge < -0.3 is 25.2 Å². The highest BCUT2D eigenvalue weighted by molar-refractivity contribution is 6.31. The maximum atomic E-state index is 10.4. The van der Waals surface area contributed by atoms with Gasteiger partial charge in [0.2, 0.25) is 0 Å². The maximum Gasteiger partial charge on any atom is 0.115 e. The average molecular weight is 467 g/mol. The highest BCUT2D eigenvalue weighted by Gasteiger charge is 2.44. The second kappa shape index (κ2) is 10.4. The highest BCUT2D eigenvalue weighted by atomic mass is 35.5. The summed E-state index contributed by atoms with van der Waals surface area (Å²) in [5.41, 5.74) is 4.00. The summed E-state index contributed by atoms with van der Waals surface area (Å²) in [7, 11) is 0. The van der Waals surface area contributed by atoms with Crippen LogP contribution >= 0.6 is 11.6 Å². The van der Waals surface area contributed by atoms with E-state index in [-0.39, 0.29) is 0 Å². The summed E-state index contributed by atoms with van der Waals surface area (Å²) in [4.78, 5) is 7.88. The van der Waals surface area contributed by atoms with Crippen LogP contribution < -0.4 is 0 Å². The largest absolute Gasteiger partial charge is 0.394 e. The van der Waals surface area contributed by atoms with Gasteiger partial charge in [-0.15, -0.1) is 0 Å². The Hall–Kier alpha value is -2.83. The monoisotopic (exact) mass is 466 g/mol. The van der Waals surface area contributed by atoms with E-state index in [1.807, 2.05) is 24.3 Å². The van der Waals surface area contributed by atoms with Crippen LogP contribution in [-0.2, 0) is 11.2 Å². The quantitative estimate of drug-likeness (QED) is 0.432. The van der Waals surface area contributed by atoms with Gasteiger partial charge in [0.1, 0.15) is 36.8 Å². The highest BCUT2D eigenvalue weighted by Crippen LogP contribution is 2.34. The Morgan fingerprint density at radius 1 is 0.879 bits per heavy atom. The van der Waals surface area contributed by atoms with Crippen molar-refractivity contribution in [3.8, 4) is 11.8 Å². The number of ether oxygens (including phenoxy) is 1. The normalized spacial score (nSPS) is 24.7. The van der Waals surface area contributed by atoms with Crippen molar-refractivity contribution in [1.82, 2.24) is 9.97 Å². The number of aromatic nitrogens is 2. The molecule has 170 valence electrons. The molecule has 8 heteroatoms. The van der Waals surface area contributed by atoms with Gasteiger partial charge in [-0.1, -0.05) is 47.7 Å². The zero-order valence-electron chi connectivity index (χ0n) is 17.5. The minimum atomic E-state index is -1.43. The van der Waals surface area contributed by atoms with Crippen molar-refractivity contribution in [3.63, 3.8) is 0 Å². The van der Waals surface area contributed by atoms with Gasteiger partial charge in [-0.3, -0.25) is 0 Å². The van der Waals surface area contributed by atoms with Gasteiger partial charge in [-0.05, 0) is 41.3 Å². The topological polar surface area (TPSA) is 116 Å². The first-order valence-corrected chi connectivity index (χ1v) is 10.8. The number of hydrogen-bond donors (Lipinski definition) is 4. The molecule has 4 rings (SSSR count). The fourth-order valence-corrected chi connectivity index (χ4v) is 3.90. The first-order chi connectivity index (χ1) is 16.0. The summed E-state index contributed by atoms with van der Waals surface area (Å²) in [6.45, 7) is -0.478. The van der Waals surface area contributed by atoms with Gasteiger partial charge in [0.05, 0.1) is 12.2 Å². The Bertz CT molecular complexity index is 1140. The standard InChI is InChI=1S/C25H23ClN2O5/c26-20-8-7-18(25-24(32)23(31)22(30)21(13-29)33-25)10-19(20)9-16-4-1-15(2-5-16)3-6-17-11-27-14-28-12-17/h1-2,4-5,7-8,10-12,14,21-25,29-32H,9,13H2/t21?,22-,23+,24-,25+/m1/s1. The van der Waals surface area contributed by atoms with E-state index in [1.165, 1.54) is 6.33 Å². The van der Waals surface area contributed by atoms with Crippen molar-refractivity contribution in [2.45, 2.75) is 36.9 Å². The third-order valence-electron chi connectivity index (χ3n) is 5.55. The van der Waals surface area contributed by atoms with Crippen molar-refractivity contribution >= 4 is 11.6 Å². The molecule has 7 nitrogen and oxygen atoms in total. The van der Waals surface area contributed by atoms with Crippen molar-refractivity contribution in [1.29, 1.82) is 0 Å². The lowest BCUT2D eigenvalue weighted by molar-refractivity contribution is -0.231. The number of halogens is 1. The van der Waals surface area contributed by atoms with Gasteiger partial charge in [-0.2, -0.15) is 0 Å². The first kappa shape index (κ1) is 23.3. The molecule has 0 radical (unpaired) electrons. The van der Waals surface area contributed by atoms with Crippen LogP contribution in [0.5, 0.6) is 0 Å². The Balaban J connectivity index is 1.51. The predicted molar refractivity (Wildman–Crippen MR) is 121 cm³/mol. The maximum absolute atomic E-state index is 10.4. The van der Waals surface area contributed by atoms with Crippen molar-refractivity contribution in [3.05, 3.63) is 94.0 Å². The number of nitrogens with zero attached hydrogens (tertiary/aromatic N) is 2. The van der Waals surface area contributed by atoms with E-state index in [9.17, 15) is 20.4 Å². The summed E-state index contributed by atoms with van der Waals surface area (Å²) in [5.74, 6) is 6.09. The molecule has 3 aromatic rings. The summed E-state index contributed by atoms with van der Waals surface area (Å²) >= 11 is 6.41. The minimum absolute atomic E-state index is 0.478. The van der Waals surface area contributed by atoms with Gasteiger partial charge >= 0.3 is 0 Å². The lowest BCUT2D eigenvalue weighted by Crippen LogP contribution is -2.55. The molecule has 0 bridgehead atoms. The molecular formula is C25H23ClN2O5. The Kier molecular flexibility index (Phi) is 7.36. The molecule has 1 aromatic heterocycles. The SMILES string of the molecule is OCC1O[C@@H](c2ccc(Cl)c(Cc3ccc(C#Cc4cncnc4)cc3)c2)[C@H](O)[C@@H](O)[C@@H]1O. The molecule has 0 saturated carbocycles. The number of rotatable bonds is 4. The number of hydrogen-bond acceptors (Lipinski definition) is 7. The number of benzene rings is 2. The van der Waals surface area contributed by atoms with E-state index in [0.29, 0.717) is 17.0 Å². The van der Waals surface area contributed by atoms with Crippen molar-refractivity contribution in [2.24, 2.45) is 0 Å². The van der Waals surface area contributed by atoms with E-state index in [4.69, 9.17) is 16.3 Å². The third-order valence-corrected chi connectivity index (χ3v) is 5.92. The summed E-state index contributed by atoms with van der Waals surface area (Å²) in [6.07, 6.45) is -0.760. The fraction of sp³-hybridized carbons (Fsp3) is 0.280. The van der Waals surface area contributed by atoms with Crippen LogP contribution in [0.3, 0.4) is 0 Å². The second-order valence-corrected chi connectivity index (χ2v) is 8.26. The molecule has 1 aliphatic rings. The molecule has 5 atom stereocenters. The Morgan fingerprint density at radius 2 is 1.58 bits per heavy atom. The van der Waals surface area contributed by atoms with Gasteiger partial charge in [-0.25, -0.2) is 9.97 Å². The van der Waals surface area contributed by atoms with Crippen LogP contribution in [0.15, 0.2) is 61.2 Å². The molecule has 2 heterocycles. The zero-order valence-corrected chi connectivity index (χ0v) is 18.3. The predicted octanol–water partition coefficient (Wildman–Crippen LogP) is 1.64. The van der Waals surface area contributed by atoms with Crippen LogP contribution in [0.4, 0.5) is 0 Å². The Morgan fingerprint density at radius 3 is 2.27 bits per heavy atom. The summed E-state index contributed by atoms with van der Waals surface area (Å²) < 4.78 is 5.66. The number of aliphatic hydroxyl groups excluding tert-OH is 4. The van der Waals surface area contributed by atoms with Gasteiger partial charge in [0, 0.05) is 23.0 Å². The molecule has 33 heavy (non-hydrogen) atoms. The van der Waals surface area contributed by atoms with Crippen LogP contribution in [0.2, 0.25) is 5.02 Å². The number of aliphatic hydroxyl groups is 4. The van der Waals surface area contributed by atoms with Gasteiger partial charge in [0.15, 0.2) is 0 Å². The summed E-state index contributed by atoms with van der Waals surface area (Å²) in [6, 6.07) is 13.0. The first-order valence-electron chi connectivity index (χ1n) is 10.4. The fourth-order valence-electron chi connectivity index (χ4n) is 3.72. The molecule has 0 aliphatic carbocycles. The van der Waals surface area contributed by atoms with Crippen LogP contribution in [0.25, 0.3) is 0 Å². The van der Waals surface area contributed by atoms with Crippen molar-refractivity contribution in [2.75, 3.05) is 6.61 Å². The molecule has 1 aliphatic heterocycles. The molecule has 0 spiro atoms. The van der Waals surface area contributed by atoms with E-state index in [2.05, 4.69) is 21.8 Å². The molecule has 1 unspecified atom stereocenters. The lowest BCUT2D eigenvalue weighted by atomic mass is 9.90. The third kappa shape index (κ3) is 5.40. The lowest BCUT2D eigenvalue weighted by Gasteiger charge is -2.40. The molecule has 1 fully saturated rings. The Labute approximate surface area is 196 Å².